The SMILES string of the molecule is COc1ccc(N2C(=O)CC[C@@H](C(=O)NCc3ccccc3)[C@@H]2c2ccccc2OC)cc1. The molecule has 1 aliphatic heterocycles. The highest BCUT2D eigenvalue weighted by molar-refractivity contribution is 5.97. The Morgan fingerprint density at radius 2 is 1.64 bits per heavy atom. The zero-order valence-electron chi connectivity index (χ0n) is 18.9. The van der Waals surface area contributed by atoms with E-state index in [0.717, 1.165) is 16.8 Å². The predicted molar refractivity (Wildman–Crippen MR) is 127 cm³/mol. The second kappa shape index (κ2) is 10.2. The summed E-state index contributed by atoms with van der Waals surface area (Å²) in [5.74, 6) is 0.819. The number of methoxy groups -OCH3 is 2. The van der Waals surface area contributed by atoms with Gasteiger partial charge in [-0.3, -0.25) is 9.59 Å². The van der Waals surface area contributed by atoms with Gasteiger partial charge in [0.2, 0.25) is 11.8 Å². The highest BCUT2D eigenvalue weighted by Crippen LogP contribution is 2.43. The average Bonchev–Trinajstić information content (AvgIpc) is 2.87. The molecule has 0 aromatic heterocycles. The fourth-order valence-electron chi connectivity index (χ4n) is 4.40. The molecule has 1 heterocycles. The Morgan fingerprint density at radius 3 is 2.33 bits per heavy atom. The molecule has 1 aliphatic rings. The van der Waals surface area contributed by atoms with Crippen molar-refractivity contribution in [1.82, 2.24) is 5.32 Å². The lowest BCUT2D eigenvalue weighted by Gasteiger charge is -2.41. The Balaban J connectivity index is 1.71. The number of hydrogen-bond donors (Lipinski definition) is 1. The van der Waals surface area contributed by atoms with Crippen LogP contribution in [0.4, 0.5) is 5.69 Å². The molecule has 6 nitrogen and oxygen atoms in total. The number of rotatable bonds is 7. The quantitative estimate of drug-likeness (QED) is 0.583. The number of carbonyl (C=O) groups is 2. The minimum absolute atomic E-state index is 0.0248. The maximum Gasteiger partial charge on any atom is 0.227 e. The van der Waals surface area contributed by atoms with Crippen molar-refractivity contribution < 1.29 is 19.1 Å². The van der Waals surface area contributed by atoms with Crippen LogP contribution in [-0.4, -0.2) is 26.0 Å². The van der Waals surface area contributed by atoms with Gasteiger partial charge in [0.05, 0.1) is 26.2 Å². The first-order valence-corrected chi connectivity index (χ1v) is 11.0. The lowest BCUT2D eigenvalue weighted by Crippen LogP contribution is -2.48. The Kier molecular flexibility index (Phi) is 6.93. The smallest absolute Gasteiger partial charge is 0.227 e. The van der Waals surface area contributed by atoms with Gasteiger partial charge in [-0.2, -0.15) is 0 Å². The van der Waals surface area contributed by atoms with Crippen LogP contribution in [0.15, 0.2) is 78.9 Å². The Labute approximate surface area is 194 Å². The monoisotopic (exact) mass is 444 g/mol. The third-order valence-corrected chi connectivity index (χ3v) is 6.05. The van der Waals surface area contributed by atoms with Crippen molar-refractivity contribution in [3.8, 4) is 11.5 Å². The van der Waals surface area contributed by atoms with E-state index in [9.17, 15) is 9.59 Å². The first-order chi connectivity index (χ1) is 16.1. The van der Waals surface area contributed by atoms with Crippen LogP contribution in [0.2, 0.25) is 0 Å². The van der Waals surface area contributed by atoms with Crippen molar-refractivity contribution in [3.05, 3.63) is 90.0 Å². The molecular formula is C27H28N2O4. The molecule has 33 heavy (non-hydrogen) atoms. The number of benzene rings is 3. The molecule has 0 aliphatic carbocycles. The van der Waals surface area contributed by atoms with E-state index in [1.54, 1.807) is 19.1 Å². The Bertz CT molecular complexity index is 1100. The number of nitrogens with one attached hydrogen (secondary N) is 1. The van der Waals surface area contributed by atoms with Gasteiger partial charge in [-0.1, -0.05) is 48.5 Å². The molecule has 1 saturated heterocycles. The van der Waals surface area contributed by atoms with Crippen LogP contribution in [0.3, 0.4) is 0 Å². The van der Waals surface area contributed by atoms with Gasteiger partial charge in [-0.25, -0.2) is 0 Å². The first-order valence-electron chi connectivity index (χ1n) is 11.0. The summed E-state index contributed by atoms with van der Waals surface area (Å²) in [5, 5.41) is 3.07. The number of anilines is 1. The Morgan fingerprint density at radius 1 is 0.939 bits per heavy atom. The predicted octanol–water partition coefficient (Wildman–Crippen LogP) is 4.50. The summed E-state index contributed by atoms with van der Waals surface area (Å²) < 4.78 is 10.9. The molecule has 4 rings (SSSR count). The van der Waals surface area contributed by atoms with E-state index in [1.807, 2.05) is 78.9 Å². The largest absolute Gasteiger partial charge is 0.497 e. The van der Waals surface area contributed by atoms with Crippen LogP contribution in [0.1, 0.15) is 30.0 Å². The number of ether oxygens (including phenoxy) is 2. The van der Waals surface area contributed by atoms with Crippen LogP contribution >= 0.6 is 0 Å². The third-order valence-electron chi connectivity index (χ3n) is 6.05. The normalized spacial score (nSPS) is 18.0. The van der Waals surface area contributed by atoms with E-state index in [0.29, 0.717) is 30.9 Å². The summed E-state index contributed by atoms with van der Waals surface area (Å²) in [7, 11) is 3.21. The topological polar surface area (TPSA) is 67.9 Å². The third kappa shape index (κ3) is 4.85. The molecule has 0 spiro atoms. The summed E-state index contributed by atoms with van der Waals surface area (Å²) in [6.07, 6.45) is 0.760. The summed E-state index contributed by atoms with van der Waals surface area (Å²) in [6.45, 7) is 0.436. The van der Waals surface area contributed by atoms with Crippen molar-refractivity contribution in [1.29, 1.82) is 0 Å². The van der Waals surface area contributed by atoms with Gasteiger partial charge in [0.25, 0.3) is 0 Å². The van der Waals surface area contributed by atoms with Gasteiger partial charge in [-0.05, 0) is 42.3 Å². The van der Waals surface area contributed by atoms with Gasteiger partial charge in [0, 0.05) is 24.2 Å². The molecular weight excluding hydrogens is 416 g/mol. The van der Waals surface area contributed by atoms with Crippen LogP contribution < -0.4 is 19.7 Å². The van der Waals surface area contributed by atoms with Gasteiger partial charge < -0.3 is 19.7 Å². The minimum atomic E-state index is -0.494. The summed E-state index contributed by atoms with van der Waals surface area (Å²) in [5.41, 5.74) is 2.56. The fourth-order valence-corrected chi connectivity index (χ4v) is 4.40. The fraction of sp³-hybridized carbons (Fsp3) is 0.259. The molecule has 3 aromatic carbocycles. The minimum Gasteiger partial charge on any atom is -0.497 e. The number of para-hydroxylation sites is 1. The van der Waals surface area contributed by atoms with E-state index < -0.39 is 12.0 Å². The van der Waals surface area contributed by atoms with E-state index in [1.165, 1.54) is 0 Å². The molecule has 1 fully saturated rings. The zero-order chi connectivity index (χ0) is 23.2. The molecule has 3 aromatic rings. The highest BCUT2D eigenvalue weighted by Gasteiger charge is 2.42. The molecule has 1 N–H and O–H groups in total. The molecule has 170 valence electrons. The van der Waals surface area contributed by atoms with Crippen molar-refractivity contribution in [2.75, 3.05) is 19.1 Å². The molecule has 0 radical (unpaired) electrons. The number of hydrogen-bond acceptors (Lipinski definition) is 4. The second-order valence-corrected chi connectivity index (χ2v) is 8.00. The van der Waals surface area contributed by atoms with Crippen LogP contribution in [0.25, 0.3) is 0 Å². The molecule has 6 heteroatoms. The van der Waals surface area contributed by atoms with Gasteiger partial charge in [0.1, 0.15) is 11.5 Å². The van der Waals surface area contributed by atoms with Crippen molar-refractivity contribution >= 4 is 17.5 Å². The summed E-state index contributed by atoms with van der Waals surface area (Å²) >= 11 is 0. The standard InChI is InChI=1S/C27H28N2O4/c1-32-21-14-12-20(13-15-21)29-25(30)17-16-23(26(29)22-10-6-7-11-24(22)33-2)27(31)28-18-19-8-4-3-5-9-19/h3-15,23,26H,16-18H2,1-2H3,(H,28,31)/t23-,26+/m1/s1. The number of carbonyl (C=O) groups excluding carboxylic acids is 2. The number of piperidine rings is 1. The highest BCUT2D eigenvalue weighted by atomic mass is 16.5. The zero-order valence-corrected chi connectivity index (χ0v) is 18.9. The molecule has 0 bridgehead atoms. The molecule has 0 saturated carbocycles. The van der Waals surface area contributed by atoms with Crippen molar-refractivity contribution in [3.63, 3.8) is 0 Å². The number of amides is 2. The average molecular weight is 445 g/mol. The maximum absolute atomic E-state index is 13.4. The van der Waals surface area contributed by atoms with E-state index >= 15 is 0 Å². The van der Waals surface area contributed by atoms with E-state index in [-0.39, 0.29) is 11.8 Å². The van der Waals surface area contributed by atoms with Gasteiger partial charge >= 0.3 is 0 Å². The Hall–Kier alpha value is -3.80. The van der Waals surface area contributed by atoms with Crippen molar-refractivity contribution in [2.45, 2.75) is 25.4 Å². The van der Waals surface area contributed by atoms with Crippen LogP contribution in [0.5, 0.6) is 11.5 Å². The molecule has 2 atom stereocenters. The summed E-state index contributed by atoms with van der Waals surface area (Å²) in [6, 6.07) is 24.2. The van der Waals surface area contributed by atoms with Gasteiger partial charge in [-0.15, -0.1) is 0 Å². The maximum atomic E-state index is 13.4. The number of nitrogens with zero attached hydrogens (tertiary/aromatic N) is 1. The molecule has 2 amide bonds. The lowest BCUT2D eigenvalue weighted by atomic mass is 9.82. The first kappa shape index (κ1) is 22.4. The van der Waals surface area contributed by atoms with E-state index in [4.69, 9.17) is 9.47 Å². The van der Waals surface area contributed by atoms with E-state index in [2.05, 4.69) is 5.32 Å². The summed E-state index contributed by atoms with van der Waals surface area (Å²) in [4.78, 5) is 28.4. The second-order valence-electron chi connectivity index (χ2n) is 8.00. The van der Waals surface area contributed by atoms with Crippen LogP contribution in [0, 0.1) is 5.92 Å². The van der Waals surface area contributed by atoms with Crippen molar-refractivity contribution in [2.24, 2.45) is 5.92 Å². The van der Waals surface area contributed by atoms with Crippen LogP contribution in [-0.2, 0) is 16.1 Å². The molecule has 0 unspecified atom stereocenters. The van der Waals surface area contributed by atoms with Gasteiger partial charge in [0.15, 0.2) is 0 Å². The lowest BCUT2D eigenvalue weighted by molar-refractivity contribution is -0.129.